The maximum absolute atomic E-state index is 12.4. The van der Waals surface area contributed by atoms with E-state index in [2.05, 4.69) is 0 Å². The molecule has 0 aliphatic carbocycles. The fraction of sp³-hybridized carbons (Fsp3) is 0.105. The molecule has 1 N–H and O–H groups in total. The molecule has 0 saturated carbocycles. The van der Waals surface area contributed by atoms with E-state index in [4.69, 9.17) is 0 Å². The van der Waals surface area contributed by atoms with E-state index in [9.17, 15) is 9.90 Å². The Labute approximate surface area is 143 Å². The molecule has 0 amide bonds. The fourth-order valence-electron chi connectivity index (χ4n) is 2.35. The standard InChI is InChI=1S/C19H16O2S2/c1-12-10-14(11-13(2)18(12)20)16-8-9-17(23-16)19(21)22-15-6-4-3-5-7-15/h3-11,20H,1-2H3. The number of phenols is 1. The van der Waals surface area contributed by atoms with Gasteiger partial charge in [0, 0.05) is 9.77 Å². The van der Waals surface area contributed by atoms with Crippen molar-refractivity contribution in [2.24, 2.45) is 0 Å². The monoisotopic (exact) mass is 340 g/mol. The lowest BCUT2D eigenvalue weighted by molar-refractivity contribution is 0.109. The number of aryl methyl sites for hydroxylation is 2. The van der Waals surface area contributed by atoms with E-state index < -0.39 is 0 Å². The van der Waals surface area contributed by atoms with Crippen molar-refractivity contribution in [3.05, 3.63) is 70.6 Å². The summed E-state index contributed by atoms with van der Waals surface area (Å²) >= 11 is 2.73. The van der Waals surface area contributed by atoms with Gasteiger partial charge in [0.15, 0.2) is 0 Å². The van der Waals surface area contributed by atoms with Crippen molar-refractivity contribution in [3.63, 3.8) is 0 Å². The van der Waals surface area contributed by atoms with Crippen LogP contribution in [0, 0.1) is 13.8 Å². The van der Waals surface area contributed by atoms with E-state index in [-0.39, 0.29) is 5.12 Å². The molecule has 23 heavy (non-hydrogen) atoms. The lowest BCUT2D eigenvalue weighted by Gasteiger charge is -2.06. The molecule has 4 heteroatoms. The second kappa shape index (κ2) is 6.60. The Balaban J connectivity index is 1.84. The Kier molecular flexibility index (Phi) is 4.55. The molecule has 0 spiro atoms. The van der Waals surface area contributed by atoms with E-state index in [0.717, 1.165) is 31.3 Å². The number of hydrogen-bond donors (Lipinski definition) is 1. The average Bonchev–Trinajstić information content (AvgIpc) is 3.03. The maximum atomic E-state index is 12.4. The molecule has 0 aliphatic heterocycles. The normalized spacial score (nSPS) is 10.7. The number of phenolic OH excluding ortho intramolecular Hbond substituents is 1. The van der Waals surface area contributed by atoms with Crippen molar-refractivity contribution in [2.75, 3.05) is 0 Å². The number of benzene rings is 2. The third-order valence-corrected chi connectivity index (χ3v) is 5.71. The van der Waals surface area contributed by atoms with Crippen LogP contribution in [0.15, 0.2) is 59.5 Å². The first-order valence-corrected chi connectivity index (χ1v) is 8.85. The number of aromatic hydroxyl groups is 1. The Morgan fingerprint density at radius 3 is 2.30 bits per heavy atom. The van der Waals surface area contributed by atoms with Gasteiger partial charge in [0.05, 0.1) is 4.88 Å². The summed E-state index contributed by atoms with van der Waals surface area (Å²) in [5, 5.41) is 9.94. The summed E-state index contributed by atoms with van der Waals surface area (Å²) in [5.41, 5.74) is 2.73. The third-order valence-electron chi connectivity index (χ3n) is 3.54. The number of rotatable bonds is 3. The summed E-state index contributed by atoms with van der Waals surface area (Å²) in [6, 6.07) is 17.4. The molecule has 1 heterocycles. The van der Waals surface area contributed by atoms with Gasteiger partial charge >= 0.3 is 0 Å². The lowest BCUT2D eigenvalue weighted by atomic mass is 10.0. The molecular weight excluding hydrogens is 324 g/mol. The largest absolute Gasteiger partial charge is 0.507 e. The predicted octanol–water partition coefficient (Wildman–Crippen LogP) is 5.67. The van der Waals surface area contributed by atoms with Gasteiger partial charge in [-0.15, -0.1) is 11.3 Å². The highest BCUT2D eigenvalue weighted by Crippen LogP contribution is 2.35. The first kappa shape index (κ1) is 15.8. The molecule has 116 valence electrons. The molecule has 0 atom stereocenters. The fourth-order valence-corrected chi connectivity index (χ4v) is 4.10. The minimum absolute atomic E-state index is 0.0553. The molecule has 0 fully saturated rings. The second-order valence-electron chi connectivity index (χ2n) is 5.33. The molecule has 2 nitrogen and oxygen atoms in total. The van der Waals surface area contributed by atoms with E-state index in [0.29, 0.717) is 5.75 Å². The van der Waals surface area contributed by atoms with E-state index in [1.165, 1.54) is 23.1 Å². The summed E-state index contributed by atoms with van der Waals surface area (Å²) in [7, 11) is 0. The van der Waals surface area contributed by atoms with Gasteiger partial charge in [-0.25, -0.2) is 0 Å². The van der Waals surface area contributed by atoms with E-state index in [1.807, 2.05) is 68.4 Å². The van der Waals surface area contributed by atoms with Gasteiger partial charge in [-0.05, 0) is 78.7 Å². The van der Waals surface area contributed by atoms with Crippen molar-refractivity contribution in [1.29, 1.82) is 0 Å². The van der Waals surface area contributed by atoms with Gasteiger partial charge in [-0.2, -0.15) is 0 Å². The zero-order chi connectivity index (χ0) is 16.4. The Bertz CT molecular complexity index is 828. The van der Waals surface area contributed by atoms with Crippen molar-refractivity contribution >= 4 is 28.2 Å². The van der Waals surface area contributed by atoms with Gasteiger partial charge in [-0.1, -0.05) is 18.2 Å². The first-order valence-electron chi connectivity index (χ1n) is 7.22. The molecule has 3 rings (SSSR count). The van der Waals surface area contributed by atoms with Crippen LogP contribution in [0.2, 0.25) is 0 Å². The van der Waals surface area contributed by atoms with Gasteiger partial charge in [-0.3, -0.25) is 4.79 Å². The third kappa shape index (κ3) is 3.49. The van der Waals surface area contributed by atoms with Crippen LogP contribution in [-0.2, 0) is 0 Å². The first-order chi connectivity index (χ1) is 11.0. The van der Waals surface area contributed by atoms with Crippen molar-refractivity contribution in [3.8, 4) is 16.2 Å². The smallest absolute Gasteiger partial charge is 0.234 e. The predicted molar refractivity (Wildman–Crippen MR) is 97.5 cm³/mol. The summed E-state index contributed by atoms with van der Waals surface area (Å²) < 4.78 is 0. The number of hydrogen-bond acceptors (Lipinski definition) is 4. The van der Waals surface area contributed by atoms with Crippen LogP contribution in [0.3, 0.4) is 0 Å². The summed E-state index contributed by atoms with van der Waals surface area (Å²) in [4.78, 5) is 15.1. The van der Waals surface area contributed by atoms with Gasteiger partial charge in [0.25, 0.3) is 0 Å². The minimum Gasteiger partial charge on any atom is -0.507 e. The highest BCUT2D eigenvalue weighted by atomic mass is 32.2. The molecule has 0 aliphatic rings. The minimum atomic E-state index is 0.0553. The Morgan fingerprint density at radius 2 is 1.65 bits per heavy atom. The van der Waals surface area contributed by atoms with Gasteiger partial charge in [0.1, 0.15) is 5.75 Å². The Morgan fingerprint density at radius 1 is 1.00 bits per heavy atom. The summed E-state index contributed by atoms with van der Waals surface area (Å²) in [6.07, 6.45) is 0. The molecule has 0 bridgehead atoms. The molecule has 0 saturated heterocycles. The Hall–Kier alpha value is -2.04. The van der Waals surface area contributed by atoms with Gasteiger partial charge < -0.3 is 5.11 Å². The lowest BCUT2D eigenvalue weighted by Crippen LogP contribution is -1.87. The van der Waals surface area contributed by atoms with Crippen LogP contribution in [0.5, 0.6) is 5.75 Å². The number of carbonyl (C=O) groups excluding carboxylic acids is 1. The highest BCUT2D eigenvalue weighted by molar-refractivity contribution is 8.14. The summed E-state index contributed by atoms with van der Waals surface area (Å²) in [6.45, 7) is 3.77. The van der Waals surface area contributed by atoms with Crippen molar-refractivity contribution in [1.82, 2.24) is 0 Å². The van der Waals surface area contributed by atoms with Crippen LogP contribution in [0.1, 0.15) is 20.8 Å². The average molecular weight is 340 g/mol. The SMILES string of the molecule is Cc1cc(-c2ccc(C(=O)Sc3ccccc3)s2)cc(C)c1O. The quantitative estimate of drug-likeness (QED) is 0.624. The van der Waals surface area contributed by atoms with Crippen molar-refractivity contribution in [2.45, 2.75) is 18.7 Å². The summed E-state index contributed by atoms with van der Waals surface area (Å²) in [5.74, 6) is 0.334. The molecule has 2 aromatic carbocycles. The topological polar surface area (TPSA) is 37.3 Å². The number of thioether (sulfide) groups is 1. The van der Waals surface area contributed by atoms with Crippen LogP contribution >= 0.6 is 23.1 Å². The number of thiophene rings is 1. The van der Waals surface area contributed by atoms with Crippen LogP contribution < -0.4 is 0 Å². The molecule has 1 aromatic heterocycles. The zero-order valence-electron chi connectivity index (χ0n) is 12.9. The second-order valence-corrected chi connectivity index (χ2v) is 7.46. The number of carbonyl (C=O) groups is 1. The van der Waals surface area contributed by atoms with Crippen molar-refractivity contribution < 1.29 is 9.90 Å². The highest BCUT2D eigenvalue weighted by Gasteiger charge is 2.13. The molecule has 0 unspecified atom stereocenters. The van der Waals surface area contributed by atoms with E-state index in [1.54, 1.807) is 0 Å². The molecule has 0 radical (unpaired) electrons. The van der Waals surface area contributed by atoms with Crippen LogP contribution in [-0.4, -0.2) is 10.2 Å². The van der Waals surface area contributed by atoms with E-state index >= 15 is 0 Å². The van der Waals surface area contributed by atoms with Gasteiger partial charge in [0.2, 0.25) is 5.12 Å². The molecule has 3 aromatic rings. The zero-order valence-corrected chi connectivity index (χ0v) is 14.5. The molecular formula is C19H16O2S2. The van der Waals surface area contributed by atoms with Crippen LogP contribution in [0.25, 0.3) is 10.4 Å². The van der Waals surface area contributed by atoms with Crippen LogP contribution in [0.4, 0.5) is 0 Å². The maximum Gasteiger partial charge on any atom is 0.234 e.